The summed E-state index contributed by atoms with van der Waals surface area (Å²) in [6, 6.07) is 7.75. The highest BCUT2D eigenvalue weighted by atomic mass is 16.2. The van der Waals surface area contributed by atoms with Crippen LogP contribution in [0, 0.1) is 5.92 Å². The molecule has 1 unspecified atom stereocenters. The number of carbonyl (C=O) groups excluding carboxylic acids is 2. The molecule has 0 aromatic heterocycles. The maximum atomic E-state index is 12.8. The lowest BCUT2D eigenvalue weighted by molar-refractivity contribution is -0.138. The number of benzene rings is 1. The number of para-hydroxylation sites is 1. The molecular weight excluding hydrogens is 302 g/mol. The number of carbonyl (C=O) groups is 2. The molecule has 0 bridgehead atoms. The summed E-state index contributed by atoms with van der Waals surface area (Å²) in [6.07, 6.45) is 4.75. The summed E-state index contributed by atoms with van der Waals surface area (Å²) in [6.45, 7) is 3.18. The largest absolute Gasteiger partial charge is 0.340 e. The third kappa shape index (κ3) is 3.18. The number of nitrogens with one attached hydrogen (secondary N) is 1. The van der Waals surface area contributed by atoms with Crippen molar-refractivity contribution in [3.05, 3.63) is 29.8 Å². The number of hydrogen-bond donors (Lipinski definition) is 1. The Kier molecular flexibility index (Phi) is 4.27. The Bertz CT molecular complexity index is 641. The van der Waals surface area contributed by atoms with Gasteiger partial charge in [0.25, 0.3) is 0 Å². The van der Waals surface area contributed by atoms with E-state index in [2.05, 4.69) is 11.4 Å². The molecular formula is C19H25N3O2. The van der Waals surface area contributed by atoms with Crippen LogP contribution in [-0.2, 0) is 16.0 Å². The number of piperazine rings is 1. The van der Waals surface area contributed by atoms with E-state index in [0.717, 1.165) is 44.7 Å². The summed E-state index contributed by atoms with van der Waals surface area (Å²) >= 11 is 0. The summed E-state index contributed by atoms with van der Waals surface area (Å²) < 4.78 is 0. The number of amides is 2. The summed E-state index contributed by atoms with van der Waals surface area (Å²) in [5, 5.41) is 3.25. The van der Waals surface area contributed by atoms with Gasteiger partial charge in [-0.1, -0.05) is 18.2 Å². The molecule has 1 saturated heterocycles. The van der Waals surface area contributed by atoms with E-state index < -0.39 is 0 Å². The number of fused-ring (bicyclic) bond motifs is 1. The van der Waals surface area contributed by atoms with Gasteiger partial charge in [-0.05, 0) is 43.2 Å². The second-order valence-electron chi connectivity index (χ2n) is 7.22. The van der Waals surface area contributed by atoms with Gasteiger partial charge in [0.2, 0.25) is 11.8 Å². The number of rotatable bonds is 4. The molecule has 1 N–H and O–H groups in total. The van der Waals surface area contributed by atoms with Gasteiger partial charge in [0.15, 0.2) is 0 Å². The van der Waals surface area contributed by atoms with E-state index in [-0.39, 0.29) is 24.3 Å². The van der Waals surface area contributed by atoms with Crippen LogP contribution in [-0.4, -0.2) is 48.9 Å². The Balaban J connectivity index is 1.43. The van der Waals surface area contributed by atoms with Gasteiger partial charge in [0, 0.05) is 31.9 Å². The van der Waals surface area contributed by atoms with Crippen LogP contribution in [0.4, 0.5) is 5.69 Å². The van der Waals surface area contributed by atoms with Crippen LogP contribution in [0.2, 0.25) is 0 Å². The molecule has 24 heavy (non-hydrogen) atoms. The van der Waals surface area contributed by atoms with E-state index in [0.29, 0.717) is 5.92 Å². The average molecular weight is 327 g/mol. The number of nitrogens with zero attached hydrogens (tertiary/aromatic N) is 2. The zero-order chi connectivity index (χ0) is 16.5. The van der Waals surface area contributed by atoms with Crippen LogP contribution < -0.4 is 10.2 Å². The standard InChI is InChI=1S/C19H25N3O2/c23-18(22-10-3-5-15-4-1-2-6-17(15)22)12-16-19(24)21(11-9-20-16)13-14-7-8-14/h1-2,4,6,14,16,20H,3,5,7-13H2. The molecule has 2 heterocycles. The normalized spacial score (nSPS) is 24.0. The van der Waals surface area contributed by atoms with Crippen LogP contribution in [0.5, 0.6) is 0 Å². The fraction of sp³-hybridized carbons (Fsp3) is 0.579. The molecule has 5 heteroatoms. The van der Waals surface area contributed by atoms with Gasteiger partial charge in [-0.15, -0.1) is 0 Å². The van der Waals surface area contributed by atoms with E-state index in [9.17, 15) is 9.59 Å². The summed E-state index contributed by atoms with van der Waals surface area (Å²) in [4.78, 5) is 29.3. The zero-order valence-electron chi connectivity index (χ0n) is 14.0. The first kappa shape index (κ1) is 15.6. The maximum absolute atomic E-state index is 12.8. The molecule has 5 nitrogen and oxygen atoms in total. The number of anilines is 1. The van der Waals surface area contributed by atoms with Crippen LogP contribution in [0.1, 0.15) is 31.2 Å². The maximum Gasteiger partial charge on any atom is 0.240 e. The van der Waals surface area contributed by atoms with Gasteiger partial charge < -0.3 is 15.1 Å². The molecule has 1 saturated carbocycles. The quantitative estimate of drug-likeness (QED) is 0.913. The third-order valence-corrected chi connectivity index (χ3v) is 5.35. The Morgan fingerprint density at radius 3 is 2.88 bits per heavy atom. The summed E-state index contributed by atoms with van der Waals surface area (Å²) in [7, 11) is 0. The van der Waals surface area contributed by atoms with E-state index in [4.69, 9.17) is 0 Å². The smallest absolute Gasteiger partial charge is 0.240 e. The first-order chi connectivity index (χ1) is 11.7. The van der Waals surface area contributed by atoms with Gasteiger partial charge in [0.1, 0.15) is 0 Å². The fourth-order valence-corrected chi connectivity index (χ4v) is 3.82. The SMILES string of the molecule is O=C1C(CC(=O)N2CCCc3ccccc32)NCCN1CC1CC1. The summed E-state index contributed by atoms with van der Waals surface area (Å²) in [5.41, 5.74) is 2.25. The Hall–Kier alpha value is -1.88. The van der Waals surface area contributed by atoms with E-state index in [1.807, 2.05) is 28.0 Å². The highest BCUT2D eigenvalue weighted by molar-refractivity contribution is 5.98. The molecule has 2 fully saturated rings. The molecule has 1 aromatic rings. The molecule has 1 aromatic carbocycles. The van der Waals surface area contributed by atoms with Gasteiger partial charge in [0.05, 0.1) is 12.5 Å². The molecule has 0 radical (unpaired) electrons. The minimum atomic E-state index is -0.362. The molecule has 4 rings (SSSR count). The average Bonchev–Trinajstić information content (AvgIpc) is 3.42. The highest BCUT2D eigenvalue weighted by Crippen LogP contribution is 2.30. The van der Waals surface area contributed by atoms with Crippen molar-refractivity contribution in [2.24, 2.45) is 5.92 Å². The van der Waals surface area contributed by atoms with E-state index >= 15 is 0 Å². The monoisotopic (exact) mass is 327 g/mol. The van der Waals surface area contributed by atoms with E-state index in [1.165, 1.54) is 18.4 Å². The Morgan fingerprint density at radius 1 is 1.21 bits per heavy atom. The van der Waals surface area contributed by atoms with Crippen molar-refractivity contribution in [3.8, 4) is 0 Å². The Labute approximate surface area is 143 Å². The minimum Gasteiger partial charge on any atom is -0.340 e. The van der Waals surface area contributed by atoms with Crippen molar-refractivity contribution in [2.75, 3.05) is 31.1 Å². The number of hydrogen-bond acceptors (Lipinski definition) is 3. The van der Waals surface area contributed by atoms with Crippen LogP contribution in [0.25, 0.3) is 0 Å². The number of aryl methyl sites for hydroxylation is 1. The van der Waals surface area contributed by atoms with Crippen molar-refractivity contribution in [3.63, 3.8) is 0 Å². The lowest BCUT2D eigenvalue weighted by Gasteiger charge is -2.35. The fourth-order valence-electron chi connectivity index (χ4n) is 3.82. The first-order valence-electron chi connectivity index (χ1n) is 9.13. The molecule has 1 aliphatic carbocycles. The predicted molar refractivity (Wildman–Crippen MR) is 92.8 cm³/mol. The zero-order valence-corrected chi connectivity index (χ0v) is 14.0. The molecule has 3 aliphatic rings. The lowest BCUT2D eigenvalue weighted by Crippen LogP contribution is -2.57. The van der Waals surface area contributed by atoms with E-state index in [1.54, 1.807) is 0 Å². The first-order valence-corrected chi connectivity index (χ1v) is 9.13. The van der Waals surface area contributed by atoms with Gasteiger partial charge in [-0.2, -0.15) is 0 Å². The minimum absolute atomic E-state index is 0.0567. The molecule has 1 atom stereocenters. The van der Waals surface area contributed by atoms with Crippen molar-refractivity contribution in [1.82, 2.24) is 10.2 Å². The van der Waals surface area contributed by atoms with Crippen molar-refractivity contribution in [1.29, 1.82) is 0 Å². The third-order valence-electron chi connectivity index (χ3n) is 5.35. The van der Waals surface area contributed by atoms with Gasteiger partial charge in [-0.3, -0.25) is 9.59 Å². The van der Waals surface area contributed by atoms with Gasteiger partial charge in [-0.25, -0.2) is 0 Å². The predicted octanol–water partition coefficient (Wildman–Crippen LogP) is 1.57. The molecule has 0 spiro atoms. The van der Waals surface area contributed by atoms with Crippen molar-refractivity contribution in [2.45, 2.75) is 38.1 Å². The highest BCUT2D eigenvalue weighted by Gasteiger charge is 2.35. The van der Waals surface area contributed by atoms with Crippen LogP contribution >= 0.6 is 0 Å². The second kappa shape index (κ2) is 6.55. The van der Waals surface area contributed by atoms with Gasteiger partial charge >= 0.3 is 0 Å². The lowest BCUT2D eigenvalue weighted by atomic mass is 10.0. The molecule has 2 amide bonds. The van der Waals surface area contributed by atoms with Crippen LogP contribution in [0.15, 0.2) is 24.3 Å². The molecule has 2 aliphatic heterocycles. The van der Waals surface area contributed by atoms with Crippen molar-refractivity contribution < 1.29 is 9.59 Å². The van der Waals surface area contributed by atoms with Crippen molar-refractivity contribution >= 4 is 17.5 Å². The molecule has 128 valence electrons. The van der Waals surface area contributed by atoms with Crippen LogP contribution in [0.3, 0.4) is 0 Å². The Morgan fingerprint density at radius 2 is 2.04 bits per heavy atom. The second-order valence-corrected chi connectivity index (χ2v) is 7.22. The topological polar surface area (TPSA) is 52.7 Å². The summed E-state index contributed by atoms with van der Waals surface area (Å²) in [5.74, 6) is 0.852.